The first-order valence-electron chi connectivity index (χ1n) is 7.31. The molecule has 0 spiro atoms. The Balaban J connectivity index is 2.29. The van der Waals surface area contributed by atoms with Crippen LogP contribution in [0.3, 0.4) is 0 Å². The Morgan fingerprint density at radius 3 is 1.55 bits per heavy atom. The lowest BCUT2D eigenvalue weighted by atomic mass is 9.61. The normalized spacial score (nSPS) is 15.0. The van der Waals surface area contributed by atoms with Crippen LogP contribution in [0.2, 0.25) is 0 Å². The van der Waals surface area contributed by atoms with Crippen molar-refractivity contribution in [2.75, 3.05) is 0 Å². The van der Waals surface area contributed by atoms with Gasteiger partial charge in [-0.1, -0.05) is 50.2 Å². The summed E-state index contributed by atoms with van der Waals surface area (Å²) in [6, 6.07) is 11.0. The van der Waals surface area contributed by atoms with Crippen molar-refractivity contribution in [3.8, 4) is 0 Å². The fraction of sp³-hybridized carbons (Fsp3) is 0.250. The molecule has 2 aromatic rings. The summed E-state index contributed by atoms with van der Waals surface area (Å²) < 4.78 is 0. The molecule has 0 saturated heterocycles. The highest BCUT2D eigenvalue weighted by atomic mass is 16.4. The van der Waals surface area contributed by atoms with Gasteiger partial charge in [0.15, 0.2) is 0 Å². The van der Waals surface area contributed by atoms with Gasteiger partial charge in [0, 0.05) is 5.41 Å². The van der Waals surface area contributed by atoms with Gasteiger partial charge in [0.25, 0.3) is 0 Å². The molecule has 0 aliphatic heterocycles. The molecule has 2 aromatic carbocycles. The Morgan fingerprint density at radius 1 is 0.773 bits per heavy atom. The van der Waals surface area contributed by atoms with E-state index >= 15 is 0 Å². The minimum Gasteiger partial charge on any atom is -0.423 e. The molecule has 22 heavy (non-hydrogen) atoms. The first-order valence-corrected chi connectivity index (χ1v) is 7.31. The van der Waals surface area contributed by atoms with Gasteiger partial charge in [-0.3, -0.25) is 0 Å². The van der Waals surface area contributed by atoms with Gasteiger partial charge in [-0.25, -0.2) is 0 Å². The Labute approximate surface area is 130 Å². The highest BCUT2D eigenvalue weighted by Crippen LogP contribution is 2.40. The summed E-state index contributed by atoms with van der Waals surface area (Å²) in [4.78, 5) is 0. The number of fused-ring (bicyclic) bond motifs is 2. The first kappa shape index (κ1) is 15.3. The van der Waals surface area contributed by atoms with Crippen LogP contribution in [-0.2, 0) is 11.8 Å². The van der Waals surface area contributed by atoms with Crippen LogP contribution in [0.5, 0.6) is 0 Å². The molecule has 3 rings (SSSR count). The van der Waals surface area contributed by atoms with Gasteiger partial charge in [-0.05, 0) is 39.6 Å². The highest BCUT2D eigenvalue weighted by molar-refractivity contribution is 6.60. The molecule has 112 valence electrons. The maximum Gasteiger partial charge on any atom is 0.488 e. The molecule has 0 saturated carbocycles. The molecule has 1 aliphatic carbocycles. The summed E-state index contributed by atoms with van der Waals surface area (Å²) in [7, 11) is -3.09. The van der Waals surface area contributed by atoms with Crippen molar-refractivity contribution in [3.05, 3.63) is 58.7 Å². The van der Waals surface area contributed by atoms with Gasteiger partial charge < -0.3 is 20.1 Å². The summed E-state index contributed by atoms with van der Waals surface area (Å²) in [6.07, 6.45) is 0.454. The third-order valence-corrected chi connectivity index (χ3v) is 4.68. The van der Waals surface area contributed by atoms with Gasteiger partial charge in [0.1, 0.15) is 0 Å². The quantitative estimate of drug-likeness (QED) is 0.551. The van der Waals surface area contributed by atoms with Crippen LogP contribution < -0.4 is 10.9 Å². The molecule has 0 heterocycles. The lowest BCUT2D eigenvalue weighted by Gasteiger charge is -2.37. The number of hydrogen-bond donors (Lipinski definition) is 4. The monoisotopic (exact) mass is 296 g/mol. The van der Waals surface area contributed by atoms with E-state index in [1.54, 1.807) is 12.1 Å². The van der Waals surface area contributed by atoms with Gasteiger partial charge in [-0.15, -0.1) is 0 Å². The molecular weight excluding hydrogens is 278 g/mol. The summed E-state index contributed by atoms with van der Waals surface area (Å²) in [6.45, 7) is 4.12. The fourth-order valence-corrected chi connectivity index (χ4v) is 3.58. The second kappa shape index (κ2) is 5.25. The number of hydrogen-bond acceptors (Lipinski definition) is 4. The van der Waals surface area contributed by atoms with E-state index in [-0.39, 0.29) is 5.41 Å². The zero-order valence-corrected chi connectivity index (χ0v) is 12.6. The third kappa shape index (κ3) is 2.20. The summed E-state index contributed by atoms with van der Waals surface area (Å²) in [5, 5.41) is 38.5. The van der Waals surface area contributed by atoms with E-state index in [0.717, 1.165) is 22.3 Å². The van der Waals surface area contributed by atoms with Crippen LogP contribution in [0.4, 0.5) is 0 Å². The molecule has 4 N–H and O–H groups in total. The zero-order chi connectivity index (χ0) is 16.1. The molecule has 1 aliphatic rings. The second-order valence-electron chi connectivity index (χ2n) is 6.30. The summed E-state index contributed by atoms with van der Waals surface area (Å²) in [5.41, 5.74) is 4.37. The molecule has 0 unspecified atom stereocenters. The smallest absolute Gasteiger partial charge is 0.423 e. The Morgan fingerprint density at radius 2 is 1.18 bits per heavy atom. The maximum atomic E-state index is 9.63. The molecule has 0 fully saturated rings. The first-order chi connectivity index (χ1) is 10.3. The molecule has 0 atom stereocenters. The average molecular weight is 296 g/mol. The fourth-order valence-electron chi connectivity index (χ4n) is 3.58. The largest absolute Gasteiger partial charge is 0.488 e. The Hall–Kier alpha value is -1.59. The molecule has 0 amide bonds. The van der Waals surface area contributed by atoms with E-state index in [2.05, 4.69) is 13.8 Å². The predicted octanol–water partition coefficient (Wildman–Crippen LogP) is -0.724. The van der Waals surface area contributed by atoms with E-state index in [1.165, 1.54) is 0 Å². The van der Waals surface area contributed by atoms with Crippen LogP contribution in [0.25, 0.3) is 0 Å². The van der Waals surface area contributed by atoms with Gasteiger partial charge >= 0.3 is 14.2 Å². The van der Waals surface area contributed by atoms with Crippen molar-refractivity contribution in [1.29, 1.82) is 0 Å². The van der Waals surface area contributed by atoms with Crippen LogP contribution >= 0.6 is 0 Å². The van der Waals surface area contributed by atoms with E-state index < -0.39 is 14.2 Å². The number of benzene rings is 2. The minimum absolute atomic E-state index is 0.348. The van der Waals surface area contributed by atoms with Crippen LogP contribution in [0, 0.1) is 0 Å². The summed E-state index contributed by atoms with van der Waals surface area (Å²) >= 11 is 0. The van der Waals surface area contributed by atoms with Crippen molar-refractivity contribution in [3.63, 3.8) is 0 Å². The van der Waals surface area contributed by atoms with Crippen molar-refractivity contribution in [1.82, 2.24) is 0 Å². The SMILES string of the molecule is CC1(C)c2cccc(B(O)O)c2Cc2c(B(O)O)cccc21. The van der Waals surface area contributed by atoms with Crippen molar-refractivity contribution >= 4 is 25.2 Å². The zero-order valence-electron chi connectivity index (χ0n) is 12.6. The highest BCUT2D eigenvalue weighted by Gasteiger charge is 2.36. The van der Waals surface area contributed by atoms with Crippen molar-refractivity contribution < 1.29 is 20.1 Å². The van der Waals surface area contributed by atoms with E-state index in [0.29, 0.717) is 17.3 Å². The molecular formula is C16H18B2O4. The van der Waals surface area contributed by atoms with Crippen molar-refractivity contribution in [2.45, 2.75) is 25.7 Å². The molecule has 4 nitrogen and oxygen atoms in total. The Bertz CT molecular complexity index is 667. The van der Waals surface area contributed by atoms with E-state index in [1.807, 2.05) is 24.3 Å². The van der Waals surface area contributed by atoms with Gasteiger partial charge in [0.05, 0.1) is 0 Å². The molecule has 6 heteroatoms. The topological polar surface area (TPSA) is 80.9 Å². The second-order valence-corrected chi connectivity index (χ2v) is 6.30. The van der Waals surface area contributed by atoms with Crippen LogP contribution in [-0.4, -0.2) is 34.3 Å². The maximum absolute atomic E-state index is 9.63. The predicted molar refractivity (Wildman–Crippen MR) is 87.5 cm³/mol. The standard InChI is InChI=1S/C16H18B2O4/c1-16(2)12-5-3-7-14(17(19)20)10(12)9-11-13(16)6-4-8-15(11)18(21)22/h3-8,19-22H,9H2,1-2H3. The van der Waals surface area contributed by atoms with E-state index in [9.17, 15) is 20.1 Å². The lowest BCUT2D eigenvalue weighted by molar-refractivity contribution is 0.424. The van der Waals surface area contributed by atoms with Crippen LogP contribution in [0.15, 0.2) is 36.4 Å². The molecule has 0 aromatic heterocycles. The Kier molecular flexibility index (Phi) is 3.65. The number of rotatable bonds is 2. The lowest BCUT2D eigenvalue weighted by Crippen LogP contribution is -2.42. The van der Waals surface area contributed by atoms with E-state index in [4.69, 9.17) is 0 Å². The molecule has 0 bridgehead atoms. The van der Waals surface area contributed by atoms with Crippen molar-refractivity contribution in [2.24, 2.45) is 0 Å². The molecule has 0 radical (unpaired) electrons. The summed E-state index contributed by atoms with van der Waals surface area (Å²) in [5.74, 6) is 0. The third-order valence-electron chi connectivity index (χ3n) is 4.68. The van der Waals surface area contributed by atoms with Gasteiger partial charge in [0.2, 0.25) is 0 Å². The minimum atomic E-state index is -1.54. The van der Waals surface area contributed by atoms with Gasteiger partial charge in [-0.2, -0.15) is 0 Å². The van der Waals surface area contributed by atoms with Crippen LogP contribution in [0.1, 0.15) is 36.1 Å². The average Bonchev–Trinajstić information content (AvgIpc) is 2.46.